The van der Waals surface area contributed by atoms with E-state index in [0.29, 0.717) is 24.6 Å². The molecule has 1 aliphatic heterocycles. The summed E-state index contributed by atoms with van der Waals surface area (Å²) in [6, 6.07) is 17.0. The molecule has 1 spiro atoms. The molecule has 1 N–H and O–H groups in total. The van der Waals surface area contributed by atoms with Crippen molar-refractivity contribution in [3.63, 3.8) is 0 Å². The number of benzene rings is 2. The van der Waals surface area contributed by atoms with Gasteiger partial charge in [0.15, 0.2) is 0 Å². The monoisotopic (exact) mass is 372 g/mol. The van der Waals surface area contributed by atoms with Crippen molar-refractivity contribution in [2.45, 2.75) is 23.3 Å². The lowest BCUT2D eigenvalue weighted by Crippen LogP contribution is -2.50. The fourth-order valence-electron chi connectivity index (χ4n) is 4.04. The minimum Gasteiger partial charge on any atom is -0.368 e. The van der Waals surface area contributed by atoms with Crippen molar-refractivity contribution in [3.8, 4) is 0 Å². The Hall–Kier alpha value is -1.73. The molecule has 5 nitrogen and oxygen atoms in total. The minimum atomic E-state index is -3.45. The molecular formula is C20H24N2O3S. The Morgan fingerprint density at radius 3 is 2.69 bits per heavy atom. The van der Waals surface area contributed by atoms with E-state index in [2.05, 4.69) is 33.9 Å². The van der Waals surface area contributed by atoms with Gasteiger partial charge in [-0.05, 0) is 36.1 Å². The molecule has 6 heteroatoms. The van der Waals surface area contributed by atoms with Crippen LogP contribution in [0.3, 0.4) is 0 Å². The molecule has 0 bridgehead atoms. The van der Waals surface area contributed by atoms with E-state index in [9.17, 15) is 8.42 Å². The van der Waals surface area contributed by atoms with Crippen molar-refractivity contribution >= 4 is 10.0 Å². The summed E-state index contributed by atoms with van der Waals surface area (Å²) in [7, 11) is -3.45. The highest BCUT2D eigenvalue weighted by Gasteiger charge is 2.43. The maximum atomic E-state index is 12.3. The Labute approximate surface area is 155 Å². The smallest absolute Gasteiger partial charge is 0.240 e. The minimum absolute atomic E-state index is 0.229. The zero-order valence-corrected chi connectivity index (χ0v) is 15.5. The number of hydrogen-bond donors (Lipinski definition) is 1. The highest BCUT2D eigenvalue weighted by molar-refractivity contribution is 7.89. The summed E-state index contributed by atoms with van der Waals surface area (Å²) < 4.78 is 33.6. The van der Waals surface area contributed by atoms with E-state index in [-0.39, 0.29) is 5.60 Å². The Kier molecular flexibility index (Phi) is 4.84. The van der Waals surface area contributed by atoms with Gasteiger partial charge in [0.1, 0.15) is 5.60 Å². The number of morpholine rings is 1. The predicted octanol–water partition coefficient (Wildman–Crippen LogP) is 2.14. The number of nitrogens with zero attached hydrogens (tertiary/aromatic N) is 1. The molecule has 4 rings (SSSR count). The number of aryl methyl sites for hydroxylation is 1. The lowest BCUT2D eigenvalue weighted by molar-refractivity contribution is -0.113. The van der Waals surface area contributed by atoms with Crippen molar-refractivity contribution in [1.82, 2.24) is 9.62 Å². The van der Waals surface area contributed by atoms with E-state index in [1.165, 1.54) is 11.1 Å². The van der Waals surface area contributed by atoms with Crippen LogP contribution in [-0.2, 0) is 26.8 Å². The predicted molar refractivity (Wildman–Crippen MR) is 100 cm³/mol. The van der Waals surface area contributed by atoms with E-state index >= 15 is 0 Å². The number of fused-ring (bicyclic) bond motifs is 2. The summed E-state index contributed by atoms with van der Waals surface area (Å²) in [4.78, 5) is 2.61. The zero-order valence-electron chi connectivity index (χ0n) is 14.7. The lowest BCUT2D eigenvalue weighted by Gasteiger charge is -2.41. The second kappa shape index (κ2) is 7.12. The quantitative estimate of drug-likeness (QED) is 0.874. The molecule has 138 valence electrons. The van der Waals surface area contributed by atoms with Crippen LogP contribution in [0.4, 0.5) is 0 Å². The van der Waals surface area contributed by atoms with E-state index in [1.807, 2.05) is 6.07 Å². The van der Waals surface area contributed by atoms with Crippen LogP contribution >= 0.6 is 0 Å². The van der Waals surface area contributed by atoms with Gasteiger partial charge in [-0.3, -0.25) is 4.90 Å². The Morgan fingerprint density at radius 1 is 1.08 bits per heavy atom. The van der Waals surface area contributed by atoms with Gasteiger partial charge in [0.25, 0.3) is 0 Å². The molecule has 1 saturated heterocycles. The molecule has 1 heterocycles. The Bertz CT molecular complexity index is 866. The topological polar surface area (TPSA) is 58.6 Å². The first-order valence-corrected chi connectivity index (χ1v) is 10.6. The summed E-state index contributed by atoms with van der Waals surface area (Å²) in [6.07, 6.45) is 2.04. The normalized spacial score (nSPS) is 23.2. The molecule has 1 fully saturated rings. The Balaban J connectivity index is 1.38. The van der Waals surface area contributed by atoms with Crippen molar-refractivity contribution in [2.75, 3.05) is 32.8 Å². The summed E-state index contributed by atoms with van der Waals surface area (Å²) in [5.41, 5.74) is 2.45. The van der Waals surface area contributed by atoms with Crippen LogP contribution in [0.2, 0.25) is 0 Å². The largest absolute Gasteiger partial charge is 0.368 e. The molecule has 2 aliphatic rings. The molecule has 26 heavy (non-hydrogen) atoms. The maximum absolute atomic E-state index is 12.3. The molecule has 1 atom stereocenters. The first-order valence-electron chi connectivity index (χ1n) is 9.09. The number of hydrogen-bond acceptors (Lipinski definition) is 4. The molecular weight excluding hydrogens is 348 g/mol. The SMILES string of the molecule is O=S(=O)(NCCN1CCOC2(CCc3ccccc32)C1)c1ccccc1. The molecule has 2 aromatic carbocycles. The van der Waals surface area contributed by atoms with Crippen molar-refractivity contribution in [3.05, 3.63) is 65.7 Å². The van der Waals surface area contributed by atoms with E-state index in [1.54, 1.807) is 24.3 Å². The highest BCUT2D eigenvalue weighted by atomic mass is 32.2. The first-order chi connectivity index (χ1) is 12.6. The summed E-state index contributed by atoms with van der Waals surface area (Å²) in [5, 5.41) is 0. The van der Waals surface area contributed by atoms with Gasteiger partial charge in [0, 0.05) is 26.2 Å². The van der Waals surface area contributed by atoms with E-state index in [0.717, 1.165) is 25.9 Å². The first kappa shape index (κ1) is 17.7. The van der Waals surface area contributed by atoms with E-state index < -0.39 is 10.0 Å². The maximum Gasteiger partial charge on any atom is 0.240 e. The molecule has 0 saturated carbocycles. The van der Waals surface area contributed by atoms with Crippen LogP contribution in [0.5, 0.6) is 0 Å². The average Bonchev–Trinajstić information content (AvgIpc) is 3.01. The van der Waals surface area contributed by atoms with Crippen molar-refractivity contribution in [2.24, 2.45) is 0 Å². The second-order valence-electron chi connectivity index (χ2n) is 6.99. The van der Waals surface area contributed by atoms with Gasteiger partial charge >= 0.3 is 0 Å². The molecule has 0 radical (unpaired) electrons. The van der Waals surface area contributed by atoms with Crippen molar-refractivity contribution < 1.29 is 13.2 Å². The third kappa shape index (κ3) is 3.42. The van der Waals surface area contributed by atoms with Gasteiger partial charge in [-0.1, -0.05) is 42.5 Å². The van der Waals surface area contributed by atoms with Crippen molar-refractivity contribution in [1.29, 1.82) is 0 Å². The molecule has 2 aromatic rings. The fourth-order valence-corrected chi connectivity index (χ4v) is 5.08. The van der Waals surface area contributed by atoms with Crippen LogP contribution in [0.25, 0.3) is 0 Å². The van der Waals surface area contributed by atoms with Crippen LogP contribution in [0, 0.1) is 0 Å². The van der Waals surface area contributed by atoms with Crippen LogP contribution in [0.1, 0.15) is 17.5 Å². The van der Waals surface area contributed by atoms with Gasteiger partial charge in [-0.2, -0.15) is 0 Å². The summed E-state index contributed by atoms with van der Waals surface area (Å²) >= 11 is 0. The number of ether oxygens (including phenoxy) is 1. The fraction of sp³-hybridized carbons (Fsp3) is 0.400. The van der Waals surface area contributed by atoms with Gasteiger partial charge in [0.05, 0.1) is 11.5 Å². The summed E-state index contributed by atoms with van der Waals surface area (Å²) in [6.45, 7) is 3.40. The van der Waals surface area contributed by atoms with Crippen LogP contribution < -0.4 is 4.72 Å². The van der Waals surface area contributed by atoms with Gasteiger partial charge in [-0.25, -0.2) is 13.1 Å². The molecule has 0 aromatic heterocycles. The van der Waals surface area contributed by atoms with Gasteiger partial charge < -0.3 is 4.74 Å². The Morgan fingerprint density at radius 2 is 1.85 bits per heavy atom. The van der Waals surface area contributed by atoms with Gasteiger partial charge in [0.2, 0.25) is 10.0 Å². The third-order valence-electron chi connectivity index (χ3n) is 5.34. The second-order valence-corrected chi connectivity index (χ2v) is 8.75. The molecule has 1 aliphatic carbocycles. The van der Waals surface area contributed by atoms with E-state index in [4.69, 9.17) is 4.74 Å². The number of sulfonamides is 1. The number of nitrogens with one attached hydrogen (secondary N) is 1. The lowest BCUT2D eigenvalue weighted by atomic mass is 9.93. The molecule has 1 unspecified atom stereocenters. The zero-order chi connectivity index (χ0) is 18.0. The standard InChI is InChI=1S/C20H24N2O3S/c23-26(24,18-7-2-1-3-8-18)21-12-13-22-14-15-25-20(16-22)11-10-17-6-4-5-9-19(17)20/h1-9,21H,10-16H2. The average molecular weight is 372 g/mol. The van der Waals surface area contributed by atoms with Gasteiger partial charge in [-0.15, -0.1) is 0 Å². The number of rotatable bonds is 5. The summed E-state index contributed by atoms with van der Waals surface area (Å²) in [5.74, 6) is 0. The third-order valence-corrected chi connectivity index (χ3v) is 6.82. The van der Waals surface area contributed by atoms with Crippen LogP contribution in [-0.4, -0.2) is 46.1 Å². The van der Waals surface area contributed by atoms with Crippen LogP contribution in [0.15, 0.2) is 59.5 Å². The molecule has 0 amide bonds. The highest BCUT2D eigenvalue weighted by Crippen LogP contribution is 2.41.